The van der Waals surface area contributed by atoms with Gasteiger partial charge in [0.15, 0.2) is 0 Å². The molecule has 2 fully saturated rings. The number of aromatic amines is 1. The Kier molecular flexibility index (Phi) is 5.82. The van der Waals surface area contributed by atoms with Gasteiger partial charge < -0.3 is 10.6 Å². The van der Waals surface area contributed by atoms with Crippen molar-refractivity contribution in [3.8, 4) is 11.3 Å². The molecule has 0 unspecified atom stereocenters. The van der Waals surface area contributed by atoms with Crippen molar-refractivity contribution in [3.05, 3.63) is 41.1 Å². The maximum Gasteiger partial charge on any atom is 0.254 e. The third kappa shape index (κ3) is 4.62. The minimum atomic E-state index is -0.0840. The smallest absolute Gasteiger partial charge is 0.254 e. The zero-order valence-corrected chi connectivity index (χ0v) is 18.8. The summed E-state index contributed by atoms with van der Waals surface area (Å²) in [6.07, 6.45) is 13.9. The third-order valence-corrected chi connectivity index (χ3v) is 6.67. The maximum atomic E-state index is 12.2. The van der Waals surface area contributed by atoms with E-state index in [1.54, 1.807) is 12.4 Å². The molecule has 1 amide bonds. The van der Waals surface area contributed by atoms with Gasteiger partial charge >= 0.3 is 0 Å². The first-order valence-electron chi connectivity index (χ1n) is 11.2. The first kappa shape index (κ1) is 20.9. The van der Waals surface area contributed by atoms with Gasteiger partial charge in [0.1, 0.15) is 0 Å². The molecule has 2 aliphatic rings. The molecule has 3 N–H and O–H groups in total. The highest BCUT2D eigenvalue weighted by atomic mass is 35.5. The number of rotatable bonds is 7. The van der Waals surface area contributed by atoms with Crippen LogP contribution in [0.1, 0.15) is 54.6 Å². The number of hydrogen-bond acceptors (Lipinski definition) is 6. The summed E-state index contributed by atoms with van der Waals surface area (Å²) < 4.78 is 1.93. The van der Waals surface area contributed by atoms with Crippen LogP contribution < -0.4 is 10.6 Å². The summed E-state index contributed by atoms with van der Waals surface area (Å²) in [6, 6.07) is 0.420. The first-order valence-corrected chi connectivity index (χ1v) is 11.5. The van der Waals surface area contributed by atoms with Crippen LogP contribution in [0.15, 0.2) is 24.8 Å². The average molecular weight is 455 g/mol. The molecule has 3 aromatic heterocycles. The number of carbonyl (C=O) groups excluding carboxylic acids is 1. The Balaban J connectivity index is 1.22. The number of anilines is 1. The molecule has 0 saturated heterocycles. The van der Waals surface area contributed by atoms with Crippen LogP contribution in [-0.2, 0) is 13.5 Å². The number of aromatic nitrogens is 6. The number of carbonyl (C=O) groups is 1. The van der Waals surface area contributed by atoms with E-state index in [0.717, 1.165) is 49.3 Å². The molecule has 0 atom stereocenters. The van der Waals surface area contributed by atoms with Gasteiger partial charge in [0.2, 0.25) is 5.95 Å². The van der Waals surface area contributed by atoms with Crippen molar-refractivity contribution in [3.63, 3.8) is 0 Å². The summed E-state index contributed by atoms with van der Waals surface area (Å²) in [7, 11) is 1.97. The largest absolute Gasteiger partial charge is 0.351 e. The van der Waals surface area contributed by atoms with Gasteiger partial charge in [-0.3, -0.25) is 14.6 Å². The van der Waals surface area contributed by atoms with Gasteiger partial charge in [-0.1, -0.05) is 11.6 Å². The van der Waals surface area contributed by atoms with Crippen LogP contribution in [0.4, 0.5) is 5.95 Å². The van der Waals surface area contributed by atoms with Gasteiger partial charge in [-0.05, 0) is 50.9 Å². The predicted molar refractivity (Wildman–Crippen MR) is 121 cm³/mol. The Hall–Kier alpha value is -2.94. The Labute approximate surface area is 191 Å². The molecular weight excluding hydrogens is 428 g/mol. The SMILES string of the molecule is Cn1ncc(-c2nc(N[C@H]3CC[C@H](NC(=O)c4cn[nH]c4)CC3)ncc2Cl)c1CC1CC1. The van der Waals surface area contributed by atoms with Crippen molar-refractivity contribution >= 4 is 23.5 Å². The summed E-state index contributed by atoms with van der Waals surface area (Å²) >= 11 is 6.48. The lowest BCUT2D eigenvalue weighted by Crippen LogP contribution is -2.40. The molecule has 0 aromatic carbocycles. The molecule has 2 saturated carbocycles. The van der Waals surface area contributed by atoms with Gasteiger partial charge in [-0.25, -0.2) is 9.97 Å². The van der Waals surface area contributed by atoms with E-state index in [1.807, 2.05) is 17.9 Å². The Morgan fingerprint density at radius 1 is 1.16 bits per heavy atom. The summed E-state index contributed by atoms with van der Waals surface area (Å²) in [6.45, 7) is 0. The number of aryl methyl sites for hydroxylation is 1. The second kappa shape index (κ2) is 8.90. The fourth-order valence-corrected chi connectivity index (χ4v) is 4.53. The minimum Gasteiger partial charge on any atom is -0.351 e. The average Bonchev–Trinajstić information content (AvgIpc) is 3.29. The van der Waals surface area contributed by atoms with Crippen molar-refractivity contribution in [2.45, 2.75) is 57.0 Å². The van der Waals surface area contributed by atoms with Crippen molar-refractivity contribution < 1.29 is 4.79 Å². The molecule has 0 aliphatic heterocycles. The second-order valence-corrected chi connectivity index (χ2v) is 9.23. The first-order chi connectivity index (χ1) is 15.6. The Morgan fingerprint density at radius 2 is 1.94 bits per heavy atom. The lowest BCUT2D eigenvalue weighted by molar-refractivity contribution is 0.0926. The number of amides is 1. The highest BCUT2D eigenvalue weighted by Crippen LogP contribution is 2.37. The van der Waals surface area contributed by atoms with E-state index < -0.39 is 0 Å². The molecule has 32 heavy (non-hydrogen) atoms. The zero-order chi connectivity index (χ0) is 22.1. The van der Waals surface area contributed by atoms with E-state index in [1.165, 1.54) is 24.7 Å². The lowest BCUT2D eigenvalue weighted by Gasteiger charge is -2.29. The normalized spacial score (nSPS) is 20.8. The third-order valence-electron chi connectivity index (χ3n) is 6.40. The molecule has 2 aliphatic carbocycles. The fourth-order valence-electron chi connectivity index (χ4n) is 4.33. The number of nitrogens with one attached hydrogen (secondary N) is 3. The fraction of sp³-hybridized carbons (Fsp3) is 0.500. The number of nitrogens with zero attached hydrogens (tertiary/aromatic N) is 5. The molecule has 168 valence electrons. The molecule has 5 rings (SSSR count). The number of H-pyrrole nitrogens is 1. The predicted octanol–water partition coefficient (Wildman–Crippen LogP) is 3.36. The molecule has 10 heteroatoms. The van der Waals surface area contributed by atoms with E-state index in [9.17, 15) is 4.79 Å². The van der Waals surface area contributed by atoms with Crippen LogP contribution in [0.3, 0.4) is 0 Å². The maximum absolute atomic E-state index is 12.2. The van der Waals surface area contributed by atoms with Crippen LogP contribution in [0, 0.1) is 5.92 Å². The highest BCUT2D eigenvalue weighted by molar-refractivity contribution is 6.32. The summed E-state index contributed by atoms with van der Waals surface area (Å²) in [5.74, 6) is 1.24. The molecule has 3 aromatic rings. The molecule has 3 heterocycles. The van der Waals surface area contributed by atoms with E-state index in [-0.39, 0.29) is 18.0 Å². The molecule has 0 radical (unpaired) electrons. The Bertz CT molecular complexity index is 1080. The zero-order valence-electron chi connectivity index (χ0n) is 18.0. The van der Waals surface area contributed by atoms with E-state index in [2.05, 4.69) is 30.9 Å². The number of halogens is 1. The topological polar surface area (TPSA) is 113 Å². The highest BCUT2D eigenvalue weighted by Gasteiger charge is 2.27. The molecule has 0 bridgehead atoms. The van der Waals surface area contributed by atoms with E-state index in [0.29, 0.717) is 16.5 Å². The van der Waals surface area contributed by atoms with Crippen molar-refractivity contribution in [1.29, 1.82) is 0 Å². The van der Waals surface area contributed by atoms with E-state index >= 15 is 0 Å². The van der Waals surface area contributed by atoms with Gasteiger partial charge in [0.05, 0.1) is 34.9 Å². The van der Waals surface area contributed by atoms with Gasteiger partial charge in [0.25, 0.3) is 5.91 Å². The van der Waals surface area contributed by atoms with Crippen LogP contribution in [-0.4, -0.2) is 47.9 Å². The van der Waals surface area contributed by atoms with Crippen LogP contribution in [0.2, 0.25) is 5.02 Å². The second-order valence-electron chi connectivity index (χ2n) is 8.82. The lowest BCUT2D eigenvalue weighted by atomic mass is 9.91. The summed E-state index contributed by atoms with van der Waals surface area (Å²) in [4.78, 5) is 21.4. The van der Waals surface area contributed by atoms with Gasteiger partial charge in [-0.15, -0.1) is 0 Å². The Morgan fingerprint density at radius 3 is 2.66 bits per heavy atom. The molecule has 0 spiro atoms. The van der Waals surface area contributed by atoms with Crippen LogP contribution >= 0.6 is 11.6 Å². The molecular formula is C22H27ClN8O. The summed E-state index contributed by atoms with van der Waals surface area (Å²) in [5, 5.41) is 18.0. The minimum absolute atomic E-state index is 0.0840. The van der Waals surface area contributed by atoms with Crippen molar-refractivity contribution in [1.82, 2.24) is 35.3 Å². The standard InChI is InChI=1S/C22H27ClN8O/c1-31-19(8-13-2-3-13)17(11-27-31)20-18(23)12-24-22(30-20)29-16-6-4-15(5-7-16)28-21(32)14-9-25-26-10-14/h9-13,15-16H,2-8H2,1H3,(H,25,26)(H,28,32)(H,24,29,30)/t15-,16-. The van der Waals surface area contributed by atoms with Gasteiger partial charge in [0, 0.05) is 36.6 Å². The van der Waals surface area contributed by atoms with Gasteiger partial charge in [-0.2, -0.15) is 10.2 Å². The van der Waals surface area contributed by atoms with Crippen LogP contribution in [0.25, 0.3) is 11.3 Å². The van der Waals surface area contributed by atoms with E-state index in [4.69, 9.17) is 16.6 Å². The number of hydrogen-bond donors (Lipinski definition) is 3. The monoisotopic (exact) mass is 454 g/mol. The molecule has 9 nitrogen and oxygen atoms in total. The van der Waals surface area contributed by atoms with Crippen LogP contribution in [0.5, 0.6) is 0 Å². The summed E-state index contributed by atoms with van der Waals surface area (Å²) in [5.41, 5.74) is 3.45. The van der Waals surface area contributed by atoms with Crippen molar-refractivity contribution in [2.24, 2.45) is 13.0 Å². The van der Waals surface area contributed by atoms with Crippen molar-refractivity contribution in [2.75, 3.05) is 5.32 Å². The quantitative estimate of drug-likeness (QED) is 0.504.